The lowest BCUT2D eigenvalue weighted by Crippen LogP contribution is -2.25. The molecule has 0 spiro atoms. The van der Waals surface area contributed by atoms with E-state index in [2.05, 4.69) is 28.7 Å². The van der Waals surface area contributed by atoms with Crippen LogP contribution in [0.5, 0.6) is 0 Å². The van der Waals surface area contributed by atoms with Gasteiger partial charge in [-0.25, -0.2) is 0 Å². The quantitative estimate of drug-likeness (QED) is 0.695. The zero-order valence-electron chi connectivity index (χ0n) is 16.4. The second-order valence-electron chi connectivity index (χ2n) is 6.79. The molecule has 28 heavy (non-hydrogen) atoms. The summed E-state index contributed by atoms with van der Waals surface area (Å²) in [7, 11) is 5.82. The molecule has 0 saturated carbocycles. The Morgan fingerprint density at radius 3 is 2.64 bits per heavy atom. The van der Waals surface area contributed by atoms with Gasteiger partial charge in [0.25, 0.3) is 5.91 Å². The number of nitriles is 1. The van der Waals surface area contributed by atoms with Gasteiger partial charge in [-0.1, -0.05) is 36.4 Å². The summed E-state index contributed by atoms with van der Waals surface area (Å²) in [6.07, 6.45) is 0.857. The van der Waals surface area contributed by atoms with Crippen molar-refractivity contribution in [1.29, 1.82) is 5.26 Å². The van der Waals surface area contributed by atoms with Gasteiger partial charge in [-0.3, -0.25) is 4.79 Å². The molecule has 4 rings (SSSR count). The molecule has 0 saturated heterocycles. The Bertz CT molecular complexity index is 1030. The van der Waals surface area contributed by atoms with Crippen LogP contribution < -0.4 is 10.6 Å². The highest BCUT2D eigenvalue weighted by Crippen LogP contribution is 2.36. The van der Waals surface area contributed by atoms with E-state index in [0.29, 0.717) is 16.1 Å². The maximum Gasteiger partial charge on any atom is 0.256 e. The highest BCUT2D eigenvalue weighted by atomic mass is 32.1. The first kappa shape index (κ1) is 20.0. The molecule has 2 heterocycles. The van der Waals surface area contributed by atoms with Gasteiger partial charge in [-0.05, 0) is 50.0 Å². The molecule has 1 aliphatic heterocycles. The van der Waals surface area contributed by atoms with E-state index >= 15 is 0 Å². The van der Waals surface area contributed by atoms with Crippen molar-refractivity contribution < 1.29 is 4.79 Å². The number of nitrogens with one attached hydrogen (secondary N) is 2. The van der Waals surface area contributed by atoms with Gasteiger partial charge in [0, 0.05) is 23.5 Å². The number of carbonyl (C=O) groups excluding carboxylic acids is 1. The average molecular weight is 393 g/mol. The first-order chi connectivity index (χ1) is 13.6. The molecule has 144 valence electrons. The maximum absolute atomic E-state index is 12.8. The third kappa shape index (κ3) is 4.07. The van der Waals surface area contributed by atoms with Crippen LogP contribution in [0.15, 0.2) is 42.5 Å². The minimum Gasteiger partial charge on any atom is -0.323 e. The molecular formula is C22H24N4OS. The number of thiophene rings is 1. The molecule has 0 unspecified atom stereocenters. The van der Waals surface area contributed by atoms with Crippen molar-refractivity contribution >= 4 is 33.0 Å². The first-order valence-corrected chi connectivity index (χ1v) is 10.0. The molecule has 1 aromatic heterocycles. The van der Waals surface area contributed by atoms with Crippen LogP contribution >= 0.6 is 11.3 Å². The van der Waals surface area contributed by atoms with E-state index in [1.807, 2.05) is 56.6 Å². The van der Waals surface area contributed by atoms with Gasteiger partial charge >= 0.3 is 0 Å². The molecule has 5 nitrogen and oxygen atoms in total. The number of rotatable bonds is 2. The van der Waals surface area contributed by atoms with Crippen LogP contribution in [-0.4, -0.2) is 38.5 Å². The molecule has 2 N–H and O–H groups in total. The molecule has 2 aromatic carbocycles. The fourth-order valence-corrected chi connectivity index (χ4v) is 4.60. The van der Waals surface area contributed by atoms with E-state index in [1.165, 1.54) is 16.2 Å². The predicted octanol–water partition coefficient (Wildman–Crippen LogP) is 3.85. The van der Waals surface area contributed by atoms with Crippen LogP contribution in [0.1, 0.15) is 26.4 Å². The van der Waals surface area contributed by atoms with Gasteiger partial charge in [0.05, 0.1) is 5.56 Å². The van der Waals surface area contributed by atoms with Crippen molar-refractivity contribution in [2.45, 2.75) is 13.0 Å². The minimum absolute atomic E-state index is 0.166. The van der Waals surface area contributed by atoms with Crippen molar-refractivity contribution in [2.75, 3.05) is 33.0 Å². The highest BCUT2D eigenvalue weighted by molar-refractivity contribution is 7.16. The molecule has 0 radical (unpaired) electrons. The van der Waals surface area contributed by atoms with Gasteiger partial charge in [0.2, 0.25) is 0 Å². The van der Waals surface area contributed by atoms with Crippen molar-refractivity contribution in [1.82, 2.24) is 10.2 Å². The number of nitrogens with zero attached hydrogens (tertiary/aromatic N) is 2. The Morgan fingerprint density at radius 1 is 1.18 bits per heavy atom. The number of hydrogen-bond acceptors (Lipinski definition) is 5. The number of anilines is 1. The summed E-state index contributed by atoms with van der Waals surface area (Å²) < 4.78 is 0. The number of likely N-dealkylation sites (N-methyl/N-ethyl adjacent to an activating group) is 1. The van der Waals surface area contributed by atoms with E-state index in [1.54, 1.807) is 0 Å². The summed E-state index contributed by atoms with van der Waals surface area (Å²) in [4.78, 5) is 16.3. The largest absolute Gasteiger partial charge is 0.323 e. The van der Waals surface area contributed by atoms with Crippen LogP contribution in [0.3, 0.4) is 0 Å². The summed E-state index contributed by atoms with van der Waals surface area (Å²) in [5.41, 5.74) is 2.35. The van der Waals surface area contributed by atoms with E-state index in [9.17, 15) is 10.1 Å². The standard InChI is InChI=1S/C20H17N3OS.C2H7N/c1-23-10-9-15-17(11-21)20(25-18(15)12-23)22-19(24)16-8-4-6-13-5-2-3-7-14(13)16;1-3-2/h2-8H,9-10,12H2,1H3,(H,22,24);3H,1-2H3. The van der Waals surface area contributed by atoms with Crippen LogP contribution in [0, 0.1) is 11.3 Å². The summed E-state index contributed by atoms with van der Waals surface area (Å²) in [5, 5.41) is 17.9. The third-order valence-corrected chi connectivity index (χ3v) is 5.75. The molecule has 0 fully saturated rings. The normalized spacial score (nSPS) is 13.2. The number of hydrogen-bond donors (Lipinski definition) is 2. The molecule has 6 heteroatoms. The Kier molecular flexibility index (Phi) is 6.42. The number of fused-ring (bicyclic) bond motifs is 2. The van der Waals surface area contributed by atoms with Crippen molar-refractivity contribution in [3.05, 3.63) is 64.0 Å². The molecule has 3 aromatic rings. The predicted molar refractivity (Wildman–Crippen MR) is 116 cm³/mol. The van der Waals surface area contributed by atoms with Crippen LogP contribution in [0.25, 0.3) is 10.8 Å². The topological polar surface area (TPSA) is 68.2 Å². The van der Waals surface area contributed by atoms with Gasteiger partial charge in [-0.15, -0.1) is 11.3 Å². The van der Waals surface area contributed by atoms with Crippen molar-refractivity contribution in [2.24, 2.45) is 0 Å². The van der Waals surface area contributed by atoms with Gasteiger partial charge < -0.3 is 15.5 Å². The van der Waals surface area contributed by atoms with Crippen LogP contribution in [-0.2, 0) is 13.0 Å². The zero-order chi connectivity index (χ0) is 20.1. The van der Waals surface area contributed by atoms with Crippen molar-refractivity contribution in [3.63, 3.8) is 0 Å². The monoisotopic (exact) mass is 392 g/mol. The van der Waals surface area contributed by atoms with Crippen LogP contribution in [0.4, 0.5) is 5.00 Å². The highest BCUT2D eigenvalue weighted by Gasteiger charge is 2.24. The Labute approximate surface area is 169 Å². The fraction of sp³-hybridized carbons (Fsp3) is 0.273. The third-order valence-electron chi connectivity index (χ3n) is 4.62. The zero-order valence-corrected chi connectivity index (χ0v) is 17.2. The van der Waals surface area contributed by atoms with Crippen LogP contribution in [0.2, 0.25) is 0 Å². The molecule has 0 aliphatic carbocycles. The number of carbonyl (C=O) groups is 1. The smallest absolute Gasteiger partial charge is 0.256 e. The Morgan fingerprint density at radius 2 is 1.89 bits per heavy atom. The fourth-order valence-electron chi connectivity index (χ4n) is 3.33. The first-order valence-electron chi connectivity index (χ1n) is 9.19. The summed E-state index contributed by atoms with van der Waals surface area (Å²) in [5.74, 6) is -0.166. The summed E-state index contributed by atoms with van der Waals surface area (Å²) >= 11 is 1.52. The molecule has 0 bridgehead atoms. The van der Waals surface area contributed by atoms with Crippen molar-refractivity contribution in [3.8, 4) is 6.07 Å². The van der Waals surface area contributed by atoms with E-state index in [-0.39, 0.29) is 5.91 Å². The average Bonchev–Trinajstić information content (AvgIpc) is 3.03. The molecule has 1 amide bonds. The molecular weight excluding hydrogens is 368 g/mol. The minimum atomic E-state index is -0.166. The van der Waals surface area contributed by atoms with E-state index in [4.69, 9.17) is 0 Å². The maximum atomic E-state index is 12.8. The second kappa shape index (κ2) is 8.98. The lowest BCUT2D eigenvalue weighted by atomic mass is 10.0. The lowest BCUT2D eigenvalue weighted by Gasteiger charge is -2.21. The summed E-state index contributed by atoms with van der Waals surface area (Å²) in [6, 6.07) is 15.8. The SMILES string of the molecule is CN1CCc2c(sc(NC(=O)c3cccc4ccccc34)c2C#N)C1.CNC. The van der Waals surface area contributed by atoms with E-state index < -0.39 is 0 Å². The molecule has 1 aliphatic rings. The summed E-state index contributed by atoms with van der Waals surface area (Å²) in [6.45, 7) is 1.77. The van der Waals surface area contributed by atoms with Gasteiger partial charge in [-0.2, -0.15) is 5.26 Å². The van der Waals surface area contributed by atoms with Gasteiger partial charge in [0.1, 0.15) is 11.1 Å². The lowest BCUT2D eigenvalue weighted by molar-refractivity contribution is 0.102. The van der Waals surface area contributed by atoms with E-state index in [0.717, 1.165) is 35.8 Å². The molecule has 0 atom stereocenters. The number of amides is 1. The second-order valence-corrected chi connectivity index (χ2v) is 7.89. The Balaban J connectivity index is 0.000000706. The Hall–Kier alpha value is -2.72. The van der Waals surface area contributed by atoms with Gasteiger partial charge in [0.15, 0.2) is 0 Å². The number of benzene rings is 2.